The van der Waals surface area contributed by atoms with Gasteiger partial charge in [-0.25, -0.2) is 13.1 Å². The molecule has 8 heteroatoms. The van der Waals surface area contributed by atoms with Gasteiger partial charge in [0.15, 0.2) is 9.84 Å². The third kappa shape index (κ3) is 5.67. The van der Waals surface area contributed by atoms with Crippen molar-refractivity contribution >= 4 is 15.7 Å². The Labute approximate surface area is 205 Å². The number of methoxy groups -OCH3 is 1. The highest BCUT2D eigenvalue weighted by atomic mass is 32.2. The van der Waals surface area contributed by atoms with E-state index in [1.807, 2.05) is 71.5 Å². The van der Waals surface area contributed by atoms with Crippen LogP contribution in [0.4, 0.5) is 0 Å². The van der Waals surface area contributed by atoms with Crippen molar-refractivity contribution in [1.29, 1.82) is 0 Å². The first kappa shape index (κ1) is 24.4. The number of aromatic nitrogens is 2. The van der Waals surface area contributed by atoms with Crippen LogP contribution in [0.2, 0.25) is 0 Å². The van der Waals surface area contributed by atoms with Crippen molar-refractivity contribution in [3.05, 3.63) is 102 Å². The zero-order valence-electron chi connectivity index (χ0n) is 19.7. The van der Waals surface area contributed by atoms with Crippen molar-refractivity contribution in [3.8, 4) is 16.9 Å². The highest BCUT2D eigenvalue weighted by molar-refractivity contribution is 7.91. The number of nitrogens with zero attached hydrogens (tertiary/aromatic N) is 3. The predicted molar refractivity (Wildman–Crippen MR) is 135 cm³/mol. The monoisotopic (exact) mass is 489 g/mol. The zero-order valence-corrected chi connectivity index (χ0v) is 20.5. The van der Waals surface area contributed by atoms with E-state index in [1.54, 1.807) is 24.1 Å². The summed E-state index contributed by atoms with van der Waals surface area (Å²) in [4.78, 5) is 14.9. The van der Waals surface area contributed by atoms with Gasteiger partial charge in [-0.1, -0.05) is 48.5 Å². The highest BCUT2D eigenvalue weighted by Gasteiger charge is 2.19. The smallest absolute Gasteiger partial charge is 0.253 e. The maximum atomic E-state index is 13.1. The van der Waals surface area contributed by atoms with E-state index in [1.165, 1.54) is 19.2 Å². The molecule has 0 saturated carbocycles. The van der Waals surface area contributed by atoms with E-state index in [2.05, 4.69) is 0 Å². The van der Waals surface area contributed by atoms with Crippen LogP contribution in [0, 0.1) is 0 Å². The lowest BCUT2D eigenvalue weighted by atomic mass is 10.1. The molecule has 0 radical (unpaired) electrons. The number of carbonyl (C=O) groups excluding carboxylic acids is 1. The highest BCUT2D eigenvalue weighted by Crippen LogP contribution is 2.25. The van der Waals surface area contributed by atoms with Crippen LogP contribution in [0.15, 0.2) is 96.0 Å². The average Bonchev–Trinajstić information content (AvgIpc) is 3.32. The standard InChI is InChI=1S/C27H27N3O4S/c1-29(27(31)22-13-15-25(16-14-22)35(32,33)18-17-34-2)19-23-20-30(24-11-7-4-8-12-24)28-26(23)21-9-5-3-6-10-21/h3-16,20H,17-19H2,1-2H3. The Kier molecular flexibility index (Phi) is 7.43. The van der Waals surface area contributed by atoms with Gasteiger partial charge in [0.1, 0.15) is 0 Å². The largest absolute Gasteiger partial charge is 0.384 e. The minimum Gasteiger partial charge on any atom is -0.384 e. The Bertz CT molecular complexity index is 1380. The quantitative estimate of drug-likeness (QED) is 0.351. The average molecular weight is 490 g/mol. The first-order valence-corrected chi connectivity index (χ1v) is 12.8. The first-order valence-electron chi connectivity index (χ1n) is 11.2. The molecule has 35 heavy (non-hydrogen) atoms. The molecule has 1 amide bonds. The number of hydrogen-bond acceptors (Lipinski definition) is 5. The minimum atomic E-state index is -3.45. The molecule has 0 saturated heterocycles. The van der Waals surface area contributed by atoms with Crippen LogP contribution in [0.5, 0.6) is 0 Å². The van der Waals surface area contributed by atoms with E-state index >= 15 is 0 Å². The molecule has 0 fully saturated rings. The lowest BCUT2D eigenvalue weighted by molar-refractivity contribution is 0.0785. The molecular formula is C27H27N3O4S. The number of ether oxygens (including phenoxy) is 1. The van der Waals surface area contributed by atoms with Gasteiger partial charge >= 0.3 is 0 Å². The molecule has 1 heterocycles. The Morgan fingerprint density at radius 2 is 1.57 bits per heavy atom. The third-order valence-corrected chi connectivity index (χ3v) is 7.32. The minimum absolute atomic E-state index is 0.107. The van der Waals surface area contributed by atoms with Crippen LogP contribution in [0.1, 0.15) is 15.9 Å². The maximum absolute atomic E-state index is 13.1. The molecular weight excluding hydrogens is 462 g/mol. The fraction of sp³-hybridized carbons (Fsp3) is 0.185. The summed E-state index contributed by atoms with van der Waals surface area (Å²) >= 11 is 0. The van der Waals surface area contributed by atoms with Gasteiger partial charge < -0.3 is 9.64 Å². The molecule has 0 N–H and O–H groups in total. The van der Waals surface area contributed by atoms with Crippen LogP contribution in [-0.2, 0) is 21.1 Å². The van der Waals surface area contributed by atoms with Crippen LogP contribution < -0.4 is 0 Å². The van der Waals surface area contributed by atoms with Crippen LogP contribution in [0.25, 0.3) is 16.9 Å². The third-order valence-electron chi connectivity index (χ3n) is 5.63. The normalized spacial score (nSPS) is 11.4. The second-order valence-electron chi connectivity index (χ2n) is 8.15. The fourth-order valence-corrected chi connectivity index (χ4v) is 4.91. The summed E-state index contributed by atoms with van der Waals surface area (Å²) in [6.45, 7) is 0.454. The molecule has 1 aromatic heterocycles. The summed E-state index contributed by atoms with van der Waals surface area (Å²) in [6.07, 6.45) is 1.94. The van der Waals surface area contributed by atoms with Crippen LogP contribution in [0.3, 0.4) is 0 Å². The number of hydrogen-bond donors (Lipinski definition) is 0. The number of carbonyl (C=O) groups is 1. The van der Waals surface area contributed by atoms with Crippen molar-refractivity contribution in [1.82, 2.24) is 14.7 Å². The van der Waals surface area contributed by atoms with E-state index in [0.717, 1.165) is 22.5 Å². The molecule has 180 valence electrons. The van der Waals surface area contributed by atoms with Gasteiger partial charge in [-0.15, -0.1) is 0 Å². The number of para-hydroxylation sites is 1. The fourth-order valence-electron chi connectivity index (χ4n) is 3.74. The van der Waals surface area contributed by atoms with Gasteiger partial charge in [0.2, 0.25) is 0 Å². The van der Waals surface area contributed by atoms with Crippen molar-refractivity contribution in [2.45, 2.75) is 11.4 Å². The van der Waals surface area contributed by atoms with Gasteiger partial charge in [-0.2, -0.15) is 5.10 Å². The van der Waals surface area contributed by atoms with Crippen LogP contribution in [-0.4, -0.2) is 55.5 Å². The van der Waals surface area contributed by atoms with E-state index < -0.39 is 9.84 Å². The summed E-state index contributed by atoms with van der Waals surface area (Å²) in [5, 5.41) is 4.80. The van der Waals surface area contributed by atoms with Crippen molar-refractivity contribution in [2.24, 2.45) is 0 Å². The summed E-state index contributed by atoms with van der Waals surface area (Å²) in [5.41, 5.74) is 4.00. The van der Waals surface area contributed by atoms with E-state index in [4.69, 9.17) is 9.84 Å². The SMILES string of the molecule is COCCS(=O)(=O)c1ccc(C(=O)N(C)Cc2cn(-c3ccccc3)nc2-c2ccccc2)cc1. The van der Waals surface area contributed by atoms with Gasteiger partial charge in [-0.05, 0) is 36.4 Å². The summed E-state index contributed by atoms with van der Waals surface area (Å²) in [6, 6.07) is 25.7. The molecule has 0 aliphatic heterocycles. The second-order valence-corrected chi connectivity index (χ2v) is 10.3. The van der Waals surface area contributed by atoms with Gasteiger partial charge in [0.25, 0.3) is 5.91 Å². The van der Waals surface area contributed by atoms with E-state index in [-0.39, 0.29) is 23.2 Å². The molecule has 0 aliphatic rings. The number of sulfone groups is 1. The molecule has 0 unspecified atom stereocenters. The maximum Gasteiger partial charge on any atom is 0.253 e. The van der Waals surface area contributed by atoms with Crippen molar-refractivity contribution < 1.29 is 17.9 Å². The molecule has 7 nitrogen and oxygen atoms in total. The van der Waals surface area contributed by atoms with E-state index in [9.17, 15) is 13.2 Å². The molecule has 0 spiro atoms. The molecule has 4 rings (SSSR count). The lowest BCUT2D eigenvalue weighted by Gasteiger charge is -2.17. The molecule has 0 bridgehead atoms. The van der Waals surface area contributed by atoms with Gasteiger partial charge in [0.05, 0.1) is 28.6 Å². The predicted octanol–water partition coefficient (Wildman–Crippen LogP) is 4.23. The van der Waals surface area contributed by atoms with Crippen molar-refractivity contribution in [3.63, 3.8) is 0 Å². The molecule has 3 aromatic carbocycles. The Hall–Kier alpha value is -3.75. The van der Waals surface area contributed by atoms with Crippen LogP contribution >= 0.6 is 0 Å². The summed E-state index contributed by atoms with van der Waals surface area (Å²) in [7, 11) is -0.274. The zero-order chi connectivity index (χ0) is 24.8. The number of amides is 1. The number of benzene rings is 3. The number of rotatable bonds is 9. The van der Waals surface area contributed by atoms with E-state index in [0.29, 0.717) is 12.1 Å². The molecule has 0 atom stereocenters. The molecule has 0 aliphatic carbocycles. The summed E-state index contributed by atoms with van der Waals surface area (Å²) in [5.74, 6) is -0.318. The topological polar surface area (TPSA) is 81.5 Å². The van der Waals surface area contributed by atoms with Gasteiger partial charge in [0, 0.05) is 43.6 Å². The Balaban J connectivity index is 1.58. The Morgan fingerprint density at radius 1 is 0.943 bits per heavy atom. The first-order chi connectivity index (χ1) is 16.9. The Morgan fingerprint density at radius 3 is 2.20 bits per heavy atom. The summed E-state index contributed by atoms with van der Waals surface area (Å²) < 4.78 is 31.4. The second kappa shape index (κ2) is 10.7. The van der Waals surface area contributed by atoms with Gasteiger partial charge in [-0.3, -0.25) is 4.79 Å². The van der Waals surface area contributed by atoms with Crippen molar-refractivity contribution in [2.75, 3.05) is 26.5 Å². The lowest BCUT2D eigenvalue weighted by Crippen LogP contribution is -2.26. The molecule has 4 aromatic rings.